The summed E-state index contributed by atoms with van der Waals surface area (Å²) < 4.78 is 4.87. The first-order valence-corrected chi connectivity index (χ1v) is 20.4. The predicted octanol–water partition coefficient (Wildman–Crippen LogP) is 12.1. The molecule has 5 nitrogen and oxygen atoms in total. The van der Waals surface area contributed by atoms with Crippen molar-refractivity contribution in [3.8, 4) is 61.1 Å². The zero-order valence-corrected chi connectivity index (χ0v) is 31.8. The van der Waals surface area contributed by atoms with E-state index in [0.29, 0.717) is 17.5 Å². The predicted molar refractivity (Wildman–Crippen MR) is 231 cm³/mol. The number of benzene rings is 8. The summed E-state index contributed by atoms with van der Waals surface area (Å²) in [6.07, 6.45) is 0. The molecule has 0 fully saturated rings. The third kappa shape index (κ3) is 5.54. The Morgan fingerprint density at radius 1 is 0.393 bits per heavy atom. The van der Waals surface area contributed by atoms with Gasteiger partial charge in [0.15, 0.2) is 0 Å². The number of hydrogen-bond donors (Lipinski definition) is 0. The molecule has 0 radical (unpaired) electrons. The molecular formula is C50H31N5Se. The Kier molecular flexibility index (Phi) is 7.76. The van der Waals surface area contributed by atoms with Crippen molar-refractivity contribution in [2.24, 2.45) is 0 Å². The van der Waals surface area contributed by atoms with E-state index in [-0.39, 0.29) is 14.5 Å². The van der Waals surface area contributed by atoms with Gasteiger partial charge in [-0.1, -0.05) is 78.9 Å². The van der Waals surface area contributed by atoms with Crippen LogP contribution in [0.5, 0.6) is 0 Å². The number of aromatic nitrogens is 5. The van der Waals surface area contributed by atoms with Crippen LogP contribution in [0, 0.1) is 0 Å². The van der Waals surface area contributed by atoms with Gasteiger partial charge in [0, 0.05) is 27.6 Å². The molecule has 0 spiro atoms. The quantitative estimate of drug-likeness (QED) is 0.158. The summed E-state index contributed by atoms with van der Waals surface area (Å²) in [5.74, 6) is 1.90. The minimum absolute atomic E-state index is 0.158. The second kappa shape index (κ2) is 13.4. The Hall–Kier alpha value is -6.98. The second-order valence-corrected chi connectivity index (χ2v) is 16.0. The van der Waals surface area contributed by atoms with Crippen LogP contribution >= 0.6 is 0 Å². The fourth-order valence-corrected chi connectivity index (χ4v) is 10.1. The van der Waals surface area contributed by atoms with Gasteiger partial charge in [0.1, 0.15) is 0 Å². The minimum atomic E-state index is 0.158. The summed E-state index contributed by atoms with van der Waals surface area (Å²) in [6, 6.07) is 66.0. The van der Waals surface area contributed by atoms with Crippen molar-refractivity contribution in [3.05, 3.63) is 188 Å². The SMILES string of the molecule is c1ccc(-c2nc(-c3ccc(-c4ccc5c(ccc6nc(-c7ccccc7)[se]c65)c4)cc3)nc(-c3cccc4c5ccccc5n(-c5ccccc5)c34)n2)cc1. The Morgan fingerprint density at radius 3 is 1.77 bits per heavy atom. The first-order valence-electron chi connectivity index (χ1n) is 18.6. The summed E-state index contributed by atoms with van der Waals surface area (Å²) in [7, 11) is 0. The van der Waals surface area contributed by atoms with Crippen LogP contribution in [0.1, 0.15) is 0 Å². The van der Waals surface area contributed by atoms with Gasteiger partial charge >= 0.3 is 179 Å². The number of nitrogens with zero attached hydrogens (tertiary/aromatic N) is 5. The smallest absolute Gasteiger partial charge is 0.309 e. The van der Waals surface area contributed by atoms with E-state index in [9.17, 15) is 0 Å². The Morgan fingerprint density at radius 2 is 1.00 bits per heavy atom. The zero-order chi connectivity index (χ0) is 37.0. The van der Waals surface area contributed by atoms with Crippen LogP contribution in [-0.2, 0) is 0 Å². The molecule has 0 saturated carbocycles. The standard InChI is InChI=1S/C50H31N5Se/c1-4-13-33(14-5-1)47-52-48(54-49(53-47)42-21-12-20-41-40-19-10-11-22-44(40)55(45(41)42)38-17-8-3-9-18-38)34-25-23-32(24-26-34)36-27-29-39-37(31-36)28-30-43-46(39)56-50(51-43)35-15-6-2-7-16-35/h1-31H. The van der Waals surface area contributed by atoms with Crippen molar-refractivity contribution in [2.75, 3.05) is 0 Å². The number of rotatable bonds is 6. The molecule has 8 aromatic carbocycles. The fraction of sp³-hybridized carbons (Fsp3) is 0. The maximum absolute atomic E-state index is 5.21. The molecule has 0 atom stereocenters. The average molecular weight is 781 g/mol. The molecule has 11 rings (SSSR count). The molecule has 3 heterocycles. The second-order valence-electron chi connectivity index (χ2n) is 13.9. The van der Waals surface area contributed by atoms with Gasteiger partial charge < -0.3 is 4.57 Å². The van der Waals surface area contributed by atoms with E-state index in [1.165, 1.54) is 36.1 Å². The van der Waals surface area contributed by atoms with Gasteiger partial charge in [0.25, 0.3) is 0 Å². The number of para-hydroxylation sites is 3. The minimum Gasteiger partial charge on any atom is -0.309 e. The van der Waals surface area contributed by atoms with E-state index in [1.807, 2.05) is 18.2 Å². The van der Waals surface area contributed by atoms with Gasteiger partial charge in [-0.15, -0.1) is 0 Å². The molecule has 0 bridgehead atoms. The molecule has 56 heavy (non-hydrogen) atoms. The molecule has 0 amide bonds. The Labute approximate surface area is 329 Å². The van der Waals surface area contributed by atoms with Gasteiger partial charge in [-0.2, -0.15) is 0 Å². The van der Waals surface area contributed by atoms with Crippen LogP contribution in [-0.4, -0.2) is 39.0 Å². The molecule has 0 unspecified atom stereocenters. The summed E-state index contributed by atoms with van der Waals surface area (Å²) >= 11 is 0.158. The van der Waals surface area contributed by atoms with Crippen LogP contribution in [0.2, 0.25) is 0 Å². The van der Waals surface area contributed by atoms with Crippen molar-refractivity contribution in [1.29, 1.82) is 0 Å². The summed E-state index contributed by atoms with van der Waals surface area (Å²) in [6.45, 7) is 0. The molecule has 0 aliphatic carbocycles. The third-order valence-electron chi connectivity index (χ3n) is 10.5. The normalized spacial score (nSPS) is 11.6. The van der Waals surface area contributed by atoms with Crippen LogP contribution in [0.25, 0.3) is 103 Å². The fourth-order valence-electron chi connectivity index (χ4n) is 7.80. The summed E-state index contributed by atoms with van der Waals surface area (Å²) in [5.41, 5.74) is 10.7. The summed E-state index contributed by atoms with van der Waals surface area (Å²) in [4.78, 5) is 20.4. The molecule has 6 heteroatoms. The van der Waals surface area contributed by atoms with Gasteiger partial charge in [-0.05, 0) is 24.3 Å². The first-order chi connectivity index (χ1) is 27.7. The zero-order valence-electron chi connectivity index (χ0n) is 30.0. The Balaban J connectivity index is 1.02. The molecule has 262 valence electrons. The van der Waals surface area contributed by atoms with Gasteiger partial charge in [-0.3, -0.25) is 0 Å². The molecule has 0 aliphatic rings. The maximum atomic E-state index is 5.21. The van der Waals surface area contributed by atoms with E-state index in [1.54, 1.807) is 0 Å². The van der Waals surface area contributed by atoms with E-state index < -0.39 is 0 Å². The molecule has 11 aromatic rings. The summed E-state index contributed by atoms with van der Waals surface area (Å²) in [5, 5.41) is 4.85. The van der Waals surface area contributed by atoms with Crippen molar-refractivity contribution in [2.45, 2.75) is 0 Å². The monoisotopic (exact) mass is 781 g/mol. The third-order valence-corrected chi connectivity index (χ3v) is 12.9. The average Bonchev–Trinajstić information content (AvgIpc) is 3.87. The molecular weight excluding hydrogens is 750 g/mol. The molecule has 0 N–H and O–H groups in total. The van der Waals surface area contributed by atoms with Gasteiger partial charge in [-0.25, -0.2) is 4.98 Å². The van der Waals surface area contributed by atoms with Crippen LogP contribution in [0.15, 0.2) is 188 Å². The van der Waals surface area contributed by atoms with Gasteiger partial charge in [0.2, 0.25) is 0 Å². The van der Waals surface area contributed by atoms with E-state index >= 15 is 0 Å². The number of hydrogen-bond acceptors (Lipinski definition) is 4. The number of fused-ring (bicyclic) bond motifs is 6. The molecule has 3 aromatic heterocycles. The van der Waals surface area contributed by atoms with Crippen LogP contribution in [0.4, 0.5) is 0 Å². The van der Waals surface area contributed by atoms with Crippen molar-refractivity contribution in [1.82, 2.24) is 24.5 Å². The van der Waals surface area contributed by atoms with Crippen LogP contribution in [0.3, 0.4) is 0 Å². The topological polar surface area (TPSA) is 56.5 Å². The molecule has 0 aliphatic heterocycles. The van der Waals surface area contributed by atoms with Crippen molar-refractivity contribution in [3.63, 3.8) is 0 Å². The van der Waals surface area contributed by atoms with Crippen LogP contribution < -0.4 is 0 Å². The van der Waals surface area contributed by atoms with E-state index in [4.69, 9.17) is 19.9 Å². The van der Waals surface area contributed by atoms with Crippen molar-refractivity contribution < 1.29 is 0 Å². The molecule has 0 saturated heterocycles. The Bertz CT molecular complexity index is 3230. The van der Waals surface area contributed by atoms with Crippen molar-refractivity contribution >= 4 is 56.9 Å². The van der Waals surface area contributed by atoms with Gasteiger partial charge in [0.05, 0.1) is 11.0 Å². The first kappa shape index (κ1) is 32.4. The van der Waals surface area contributed by atoms with E-state index in [0.717, 1.165) is 49.9 Å². The van der Waals surface area contributed by atoms with E-state index in [2.05, 4.69) is 174 Å².